The van der Waals surface area contributed by atoms with Gasteiger partial charge in [-0.3, -0.25) is 14.6 Å². The lowest BCUT2D eigenvalue weighted by atomic mass is 10.1. The van der Waals surface area contributed by atoms with E-state index in [2.05, 4.69) is 4.90 Å². The highest BCUT2D eigenvalue weighted by molar-refractivity contribution is 7.14. The summed E-state index contributed by atoms with van der Waals surface area (Å²) < 4.78 is 16.2. The van der Waals surface area contributed by atoms with E-state index >= 15 is 0 Å². The summed E-state index contributed by atoms with van der Waals surface area (Å²) in [6.07, 6.45) is 3.13. The Morgan fingerprint density at radius 2 is 1.91 bits per heavy atom. The molecular weight excluding hydrogens is 470 g/mol. The Balaban J connectivity index is 1.44. The van der Waals surface area contributed by atoms with E-state index in [0.717, 1.165) is 73.4 Å². The molecule has 34 heavy (non-hydrogen) atoms. The van der Waals surface area contributed by atoms with Crippen LogP contribution in [0, 0.1) is 0 Å². The monoisotopic (exact) mass is 501 g/mol. The molecule has 1 saturated heterocycles. The summed E-state index contributed by atoms with van der Waals surface area (Å²) in [4.78, 5) is 23.1. The molecule has 0 radical (unpaired) electrons. The zero-order valence-electron chi connectivity index (χ0n) is 19.7. The molecule has 1 aromatic carbocycles. The second kappa shape index (κ2) is 12.3. The number of thiophene rings is 1. The van der Waals surface area contributed by atoms with Gasteiger partial charge in [0.2, 0.25) is 0 Å². The van der Waals surface area contributed by atoms with Gasteiger partial charge in [0.05, 0.1) is 38.0 Å². The van der Waals surface area contributed by atoms with E-state index in [1.54, 1.807) is 14.2 Å². The van der Waals surface area contributed by atoms with Gasteiger partial charge >= 0.3 is 0 Å². The standard InChI is InChI=1S/C25H31N3O4S2/c1-30-21-9-8-19(17-22(21)31-2)20-18-34-25(26-20)28(24(29)23-7-6-16-33-23)11-5-3-4-10-27-12-14-32-15-13-27/h6-9,16-18H,3-5,10-15H2,1-2H3. The van der Waals surface area contributed by atoms with Gasteiger partial charge in [0, 0.05) is 30.6 Å². The van der Waals surface area contributed by atoms with Crippen molar-refractivity contribution in [3.05, 3.63) is 46.0 Å². The minimum Gasteiger partial charge on any atom is -0.493 e. The second-order valence-corrected chi connectivity index (χ2v) is 9.82. The first-order valence-electron chi connectivity index (χ1n) is 11.5. The van der Waals surface area contributed by atoms with Crippen molar-refractivity contribution >= 4 is 33.7 Å². The Kier molecular flexibility index (Phi) is 8.92. The van der Waals surface area contributed by atoms with Gasteiger partial charge in [0.15, 0.2) is 16.6 Å². The van der Waals surface area contributed by atoms with Crippen molar-refractivity contribution in [3.8, 4) is 22.8 Å². The fourth-order valence-corrected chi connectivity index (χ4v) is 5.47. The SMILES string of the molecule is COc1ccc(-c2csc(N(CCCCCN3CCOCC3)C(=O)c3cccs3)n2)cc1OC. The van der Waals surface area contributed by atoms with Crippen molar-refractivity contribution in [2.75, 3.05) is 58.5 Å². The number of benzene rings is 1. The zero-order valence-corrected chi connectivity index (χ0v) is 21.3. The summed E-state index contributed by atoms with van der Waals surface area (Å²) in [5, 5.41) is 4.64. The number of unbranched alkanes of at least 4 members (excludes halogenated alkanes) is 2. The van der Waals surface area contributed by atoms with E-state index in [1.165, 1.54) is 22.7 Å². The van der Waals surface area contributed by atoms with Crippen LogP contribution in [-0.4, -0.2) is 69.4 Å². The lowest BCUT2D eigenvalue weighted by Crippen LogP contribution is -2.37. The number of nitrogens with zero attached hydrogens (tertiary/aromatic N) is 3. The van der Waals surface area contributed by atoms with Crippen LogP contribution in [0.2, 0.25) is 0 Å². The van der Waals surface area contributed by atoms with Gasteiger partial charge < -0.3 is 14.2 Å². The number of thiazole rings is 1. The first-order chi connectivity index (χ1) is 16.7. The van der Waals surface area contributed by atoms with Crippen molar-refractivity contribution in [3.63, 3.8) is 0 Å². The summed E-state index contributed by atoms with van der Waals surface area (Å²) in [6, 6.07) is 9.53. The molecule has 1 aliphatic rings. The molecule has 182 valence electrons. The lowest BCUT2D eigenvalue weighted by molar-refractivity contribution is 0.0371. The Bertz CT molecular complexity index is 1050. The van der Waals surface area contributed by atoms with Crippen LogP contribution < -0.4 is 14.4 Å². The van der Waals surface area contributed by atoms with E-state index in [9.17, 15) is 4.79 Å². The molecule has 1 amide bonds. The molecule has 3 heterocycles. The van der Waals surface area contributed by atoms with Crippen LogP contribution in [0.15, 0.2) is 41.1 Å². The van der Waals surface area contributed by atoms with Crippen LogP contribution in [0.5, 0.6) is 11.5 Å². The Morgan fingerprint density at radius 1 is 1.09 bits per heavy atom. The number of anilines is 1. The molecule has 0 spiro atoms. The number of carbonyl (C=O) groups excluding carboxylic acids is 1. The van der Waals surface area contributed by atoms with Crippen molar-refractivity contribution in [2.45, 2.75) is 19.3 Å². The molecule has 7 nitrogen and oxygen atoms in total. The van der Waals surface area contributed by atoms with Crippen LogP contribution in [0.4, 0.5) is 5.13 Å². The van der Waals surface area contributed by atoms with E-state index in [0.29, 0.717) is 18.0 Å². The van der Waals surface area contributed by atoms with E-state index < -0.39 is 0 Å². The highest BCUT2D eigenvalue weighted by Gasteiger charge is 2.22. The Labute approximate surface area is 208 Å². The molecule has 0 saturated carbocycles. The number of rotatable bonds is 11. The van der Waals surface area contributed by atoms with Crippen molar-refractivity contribution in [2.24, 2.45) is 0 Å². The van der Waals surface area contributed by atoms with E-state index in [-0.39, 0.29) is 5.91 Å². The summed E-state index contributed by atoms with van der Waals surface area (Å²) in [6.45, 7) is 5.43. The number of hydrogen-bond acceptors (Lipinski definition) is 8. The van der Waals surface area contributed by atoms with Crippen LogP contribution in [0.25, 0.3) is 11.3 Å². The molecule has 9 heteroatoms. The van der Waals surface area contributed by atoms with Crippen LogP contribution in [0.1, 0.15) is 28.9 Å². The van der Waals surface area contributed by atoms with Gasteiger partial charge in [-0.05, 0) is 49.0 Å². The zero-order chi connectivity index (χ0) is 23.8. The highest BCUT2D eigenvalue weighted by Crippen LogP contribution is 2.34. The molecule has 0 aliphatic carbocycles. The molecule has 3 aromatic rings. The number of aromatic nitrogens is 1. The molecule has 4 rings (SSSR count). The highest BCUT2D eigenvalue weighted by atomic mass is 32.1. The normalized spacial score (nSPS) is 14.2. The molecular formula is C25H31N3O4S2. The first-order valence-corrected chi connectivity index (χ1v) is 13.3. The minimum atomic E-state index is 0.0105. The van der Waals surface area contributed by atoms with Crippen molar-refractivity contribution < 1.29 is 19.0 Å². The number of amides is 1. The van der Waals surface area contributed by atoms with E-state index in [1.807, 2.05) is 46.0 Å². The first kappa shape index (κ1) is 24.7. The van der Waals surface area contributed by atoms with Gasteiger partial charge in [-0.2, -0.15) is 0 Å². The maximum atomic E-state index is 13.3. The molecule has 0 unspecified atom stereocenters. The number of methoxy groups -OCH3 is 2. The minimum absolute atomic E-state index is 0.0105. The number of carbonyl (C=O) groups is 1. The summed E-state index contributed by atoms with van der Waals surface area (Å²) in [5.74, 6) is 1.34. The lowest BCUT2D eigenvalue weighted by Gasteiger charge is -2.26. The average molecular weight is 502 g/mol. The maximum absolute atomic E-state index is 13.3. The van der Waals surface area contributed by atoms with Gasteiger partial charge in [-0.25, -0.2) is 4.98 Å². The third-order valence-corrected chi connectivity index (χ3v) is 7.56. The largest absolute Gasteiger partial charge is 0.493 e. The number of morpholine rings is 1. The molecule has 0 bridgehead atoms. The van der Waals surface area contributed by atoms with Crippen molar-refractivity contribution in [1.29, 1.82) is 0 Å². The van der Waals surface area contributed by atoms with Crippen LogP contribution in [-0.2, 0) is 4.74 Å². The quantitative estimate of drug-likeness (QED) is 0.343. The third-order valence-electron chi connectivity index (χ3n) is 5.84. The third kappa shape index (κ3) is 6.15. The molecule has 0 atom stereocenters. The predicted octanol–water partition coefficient (Wildman–Crippen LogP) is 5.04. The van der Waals surface area contributed by atoms with Gasteiger partial charge in [-0.1, -0.05) is 12.5 Å². The Morgan fingerprint density at radius 3 is 2.65 bits per heavy atom. The summed E-state index contributed by atoms with van der Waals surface area (Å²) in [5.41, 5.74) is 1.74. The van der Waals surface area contributed by atoms with E-state index in [4.69, 9.17) is 19.2 Å². The molecule has 1 aliphatic heterocycles. The number of hydrogen-bond donors (Lipinski definition) is 0. The van der Waals surface area contributed by atoms with Gasteiger partial charge in [0.25, 0.3) is 5.91 Å². The van der Waals surface area contributed by atoms with Gasteiger partial charge in [-0.15, -0.1) is 22.7 Å². The fourth-order valence-electron chi connectivity index (χ4n) is 3.94. The topological polar surface area (TPSA) is 64.1 Å². The predicted molar refractivity (Wildman–Crippen MR) is 138 cm³/mol. The summed E-state index contributed by atoms with van der Waals surface area (Å²) in [7, 11) is 3.24. The number of ether oxygens (including phenoxy) is 3. The molecule has 2 aromatic heterocycles. The van der Waals surface area contributed by atoms with Crippen LogP contribution >= 0.6 is 22.7 Å². The summed E-state index contributed by atoms with van der Waals surface area (Å²) >= 11 is 2.96. The van der Waals surface area contributed by atoms with Gasteiger partial charge in [0.1, 0.15) is 0 Å². The maximum Gasteiger partial charge on any atom is 0.270 e. The van der Waals surface area contributed by atoms with Crippen molar-refractivity contribution in [1.82, 2.24) is 9.88 Å². The fraction of sp³-hybridized carbons (Fsp3) is 0.440. The molecule has 0 N–H and O–H groups in total. The molecule has 1 fully saturated rings. The van der Waals surface area contributed by atoms with Crippen LogP contribution in [0.3, 0.4) is 0 Å². The second-order valence-electron chi connectivity index (χ2n) is 8.03. The average Bonchev–Trinajstić information content (AvgIpc) is 3.59. The Hall–Kier alpha value is -2.46. The smallest absolute Gasteiger partial charge is 0.270 e.